The van der Waals surface area contributed by atoms with Gasteiger partial charge in [0.25, 0.3) is 0 Å². The van der Waals surface area contributed by atoms with Crippen molar-refractivity contribution in [2.45, 2.75) is 125 Å². The average Bonchev–Trinajstić information content (AvgIpc) is 0.815. The number of nitrogens with one attached hydrogen (secondary N) is 5. The molecule has 10 amide bonds. The number of halogens is 5. The molecule has 5 aliphatic rings. The zero-order valence-electron chi connectivity index (χ0n) is 74.1. The highest BCUT2D eigenvalue weighted by Gasteiger charge is 2.32. The minimum absolute atomic E-state index is 0.0444. The van der Waals surface area contributed by atoms with Gasteiger partial charge in [-0.05, 0) is 216 Å². The number of aromatic nitrogens is 5. The molecule has 2 atom stereocenters. The van der Waals surface area contributed by atoms with Gasteiger partial charge in [-0.3, -0.25) is 0 Å². The maximum Gasteiger partial charge on any atom is 0.321 e. The summed E-state index contributed by atoms with van der Waals surface area (Å²) in [5, 5.41) is 17.5. The van der Waals surface area contributed by atoms with E-state index in [4.69, 9.17) is 46.4 Å². The number of nitrogens with zero attached hydrogens (tertiary/aromatic N) is 15. The first-order chi connectivity index (χ1) is 61.4. The molecule has 5 N–H and O–H groups in total. The minimum atomic E-state index is -0.0686. The van der Waals surface area contributed by atoms with E-state index >= 15 is 0 Å². The predicted molar refractivity (Wildman–Crippen MR) is 525 cm³/mol. The highest BCUT2D eigenvalue weighted by molar-refractivity contribution is 9.10. The number of amides is 10. The summed E-state index contributed by atoms with van der Waals surface area (Å²) in [6.07, 6.45) is 15.4. The number of aryl methyl sites for hydroxylation is 3. The van der Waals surface area contributed by atoms with Gasteiger partial charge in [0, 0.05) is 189 Å². The van der Waals surface area contributed by atoms with E-state index in [1.165, 1.54) is 40.7 Å². The van der Waals surface area contributed by atoms with Crippen molar-refractivity contribution < 1.29 is 24.0 Å². The van der Waals surface area contributed by atoms with Gasteiger partial charge < -0.3 is 75.6 Å². The smallest absolute Gasteiger partial charge is 0.321 e. The van der Waals surface area contributed by atoms with Crippen molar-refractivity contribution in [3.05, 3.63) is 265 Å². The molecule has 5 fully saturated rings. The standard InChI is InChI=1S/2C20H25ClN4O.C19H23BrN4O.2C19H23ClN4O/c1-14(2)16-6-8-17(9-7-16)23-20(26)24-11-12-25(15(3)13-24)19-18(21)5-4-10-22-19;1-2-3-5-16-7-9-17(10-8-16)23-20(26)25-14-12-24(13-15-25)19-18(21)6-4-11-22-19;1-14(2)15-5-7-16(8-6-15)22-19(25)24-12-10-23(11-13-24)18-17(20)4-3-9-21-18;1-3-15-6-8-16(9-7-15)22-19(25)23-11-12-24(14(2)13-23)18-17(20)5-4-10-21-18;1-2-4-15-6-8-16(9-7-15)22-19(25)24-13-11-23(12-14-24)18-17(20)5-3-10-21-18/h4-10,14-15H,11-13H2,1-3H3,(H,23,26);4,6-11H,2-3,5,12-15H2,1H3,(H,23,26);3-9,14H,10-13H2,1-2H3,(H,22,25);4-10,14H,3,11-13H2,1-2H3,(H,22,25);3,5-10H,2,4,11-14H2,1H3,(H,22,25). The lowest BCUT2D eigenvalue weighted by Crippen LogP contribution is -2.55. The largest absolute Gasteiger partial charge is 0.352 e. The summed E-state index contributed by atoms with van der Waals surface area (Å²) in [6, 6.07) is 58.8. The van der Waals surface area contributed by atoms with Crippen molar-refractivity contribution in [2.24, 2.45) is 0 Å². The number of piperazine rings is 5. The van der Waals surface area contributed by atoms with Crippen molar-refractivity contribution in [1.29, 1.82) is 0 Å². The molecule has 0 aliphatic carbocycles. The van der Waals surface area contributed by atoms with E-state index in [-0.39, 0.29) is 42.2 Å². The summed E-state index contributed by atoms with van der Waals surface area (Å²) in [6.45, 7) is 31.6. The fourth-order valence-corrected chi connectivity index (χ4v) is 16.7. The maximum atomic E-state index is 12.6. The molecule has 15 rings (SSSR count). The Morgan fingerprint density at radius 1 is 0.339 bits per heavy atom. The Labute approximate surface area is 777 Å². The minimum Gasteiger partial charge on any atom is -0.352 e. The zero-order chi connectivity index (χ0) is 90.3. The summed E-state index contributed by atoms with van der Waals surface area (Å²) in [4.78, 5) is 104. The number of hydrogen-bond donors (Lipinski definition) is 5. The van der Waals surface area contributed by atoms with Crippen molar-refractivity contribution in [1.82, 2.24) is 49.4 Å². The van der Waals surface area contributed by atoms with Gasteiger partial charge in [0.1, 0.15) is 29.1 Å². The fourth-order valence-electron chi connectivity index (χ4n) is 15.2. The molecule has 5 aliphatic heterocycles. The van der Waals surface area contributed by atoms with Crippen molar-refractivity contribution in [3.63, 3.8) is 0 Å². The molecule has 0 bridgehead atoms. The van der Waals surface area contributed by atoms with Crippen molar-refractivity contribution >= 4 is 150 Å². The molecule has 0 radical (unpaired) electrons. The predicted octanol–water partition coefficient (Wildman–Crippen LogP) is 21.4. The third-order valence-electron chi connectivity index (χ3n) is 22.7. The SMILES string of the molecule is CC(C)c1ccc(NC(=O)N2CCN(c3ncccc3Br)CC2)cc1.CC(C)c1ccc(NC(=O)N2CCN(c3ncccc3Cl)C(C)C2)cc1.CCCCc1ccc(NC(=O)N2CCN(c3ncccc3Cl)CC2)cc1.CCCc1ccc(NC(=O)N2CCN(c3ncccc3Cl)CC2)cc1.CCc1ccc(NC(=O)N2CCN(c3ncccc3Cl)C(C)C2)cc1. The molecule has 10 aromatic rings. The van der Waals surface area contributed by atoms with Crippen LogP contribution >= 0.6 is 62.3 Å². The zero-order valence-corrected chi connectivity index (χ0v) is 78.7. The topological polar surface area (TPSA) is 242 Å². The van der Waals surface area contributed by atoms with Crippen LogP contribution < -0.4 is 51.1 Å². The van der Waals surface area contributed by atoms with E-state index in [1.54, 1.807) is 31.0 Å². The molecule has 0 spiro atoms. The third-order valence-corrected chi connectivity index (χ3v) is 24.5. The second-order valence-electron chi connectivity index (χ2n) is 32.4. The first-order valence-electron chi connectivity index (χ1n) is 44.0. The quantitative estimate of drug-likeness (QED) is 0.0536. The van der Waals surface area contributed by atoms with Crippen LogP contribution in [0.5, 0.6) is 0 Å². The summed E-state index contributed by atoms with van der Waals surface area (Å²) in [7, 11) is 0. The monoisotopic (exact) mass is 1860 g/mol. The van der Waals surface area contributed by atoms with Crippen LogP contribution in [0.25, 0.3) is 0 Å². The van der Waals surface area contributed by atoms with Crippen LogP contribution in [-0.4, -0.2) is 209 Å². The number of rotatable bonds is 18. The lowest BCUT2D eigenvalue weighted by atomic mass is 10.0. The van der Waals surface area contributed by atoms with Crippen LogP contribution in [0, 0.1) is 0 Å². The number of hydrogen-bond acceptors (Lipinski definition) is 15. The maximum absolute atomic E-state index is 12.6. The van der Waals surface area contributed by atoms with Gasteiger partial charge in [0.2, 0.25) is 0 Å². The van der Waals surface area contributed by atoms with Crippen LogP contribution in [-0.2, 0) is 19.3 Å². The van der Waals surface area contributed by atoms with Crippen LogP contribution in [0.2, 0.25) is 20.1 Å². The Kier molecular flexibility index (Phi) is 37.0. The summed E-state index contributed by atoms with van der Waals surface area (Å²) < 4.78 is 0.984. The first-order valence-corrected chi connectivity index (χ1v) is 46.3. The summed E-state index contributed by atoms with van der Waals surface area (Å²) in [5.41, 5.74) is 10.5. The number of pyridine rings is 5. The van der Waals surface area contributed by atoms with E-state index in [2.05, 4.69) is 203 Å². The molecule has 30 heteroatoms. The number of benzene rings is 5. The van der Waals surface area contributed by atoms with Gasteiger partial charge >= 0.3 is 30.2 Å². The Morgan fingerprint density at radius 3 is 0.906 bits per heavy atom. The Bertz CT molecular complexity index is 5140. The Balaban J connectivity index is 0.000000154. The van der Waals surface area contributed by atoms with Crippen LogP contribution in [0.15, 0.2) is 217 Å². The lowest BCUT2D eigenvalue weighted by molar-refractivity contribution is 0.199. The molecule has 5 saturated heterocycles. The highest BCUT2D eigenvalue weighted by Crippen LogP contribution is 2.32. The second-order valence-corrected chi connectivity index (χ2v) is 34.9. The molecule has 0 saturated carbocycles. The Morgan fingerprint density at radius 2 is 0.614 bits per heavy atom. The number of carbonyl (C=O) groups excluding carboxylic acids is 5. The summed E-state index contributed by atoms with van der Waals surface area (Å²) >= 11 is 28.5. The van der Waals surface area contributed by atoms with E-state index in [9.17, 15) is 24.0 Å². The molecular formula is C97H119BrCl4N20O5. The molecular weight excluding hydrogens is 1750 g/mol. The van der Waals surface area contributed by atoms with Crippen LogP contribution in [0.1, 0.15) is 121 Å². The summed E-state index contributed by atoms with van der Waals surface area (Å²) in [5.74, 6) is 5.05. The van der Waals surface area contributed by atoms with E-state index in [0.29, 0.717) is 110 Å². The average molecular weight is 1870 g/mol. The molecule has 127 heavy (non-hydrogen) atoms. The lowest BCUT2D eigenvalue weighted by Gasteiger charge is -2.40. The fraction of sp³-hybridized carbons (Fsp3) is 0.381. The van der Waals surface area contributed by atoms with Gasteiger partial charge in [-0.15, -0.1) is 0 Å². The van der Waals surface area contributed by atoms with Crippen molar-refractivity contribution in [3.8, 4) is 0 Å². The Hall–Kier alpha value is -11.2. The van der Waals surface area contributed by atoms with E-state index in [1.807, 2.05) is 158 Å². The number of unbranched alkanes of at least 4 members (excludes halogenated alkanes) is 1. The number of anilines is 10. The van der Waals surface area contributed by atoms with Gasteiger partial charge in [0.05, 0.1) is 24.6 Å². The number of urea groups is 5. The second kappa shape index (κ2) is 48.7. The molecule has 10 heterocycles. The van der Waals surface area contributed by atoms with Gasteiger partial charge in [-0.25, -0.2) is 48.9 Å². The highest BCUT2D eigenvalue weighted by atomic mass is 79.9. The molecule has 2 unspecified atom stereocenters. The van der Waals surface area contributed by atoms with Gasteiger partial charge in [0.15, 0.2) is 0 Å². The molecule has 25 nitrogen and oxygen atoms in total. The third kappa shape index (κ3) is 28.4. The molecule has 5 aromatic heterocycles. The van der Waals surface area contributed by atoms with Gasteiger partial charge in [-0.1, -0.05) is 168 Å². The normalized spacial score (nSPS) is 15.7. The van der Waals surface area contributed by atoms with Crippen molar-refractivity contribution in [2.75, 3.05) is 169 Å². The van der Waals surface area contributed by atoms with E-state index in [0.717, 1.165) is 127 Å². The van der Waals surface area contributed by atoms with Crippen LogP contribution in [0.4, 0.5) is 81.5 Å². The molecule has 5 aromatic carbocycles. The van der Waals surface area contributed by atoms with E-state index < -0.39 is 0 Å². The van der Waals surface area contributed by atoms with Gasteiger partial charge in [-0.2, -0.15) is 0 Å². The molecule has 672 valence electrons. The first kappa shape index (κ1) is 96.5. The van der Waals surface area contributed by atoms with Crippen LogP contribution in [0.3, 0.4) is 0 Å². The number of carbonyl (C=O) groups is 5.